The van der Waals surface area contributed by atoms with E-state index in [9.17, 15) is 14.7 Å². The van der Waals surface area contributed by atoms with E-state index in [4.69, 9.17) is 9.47 Å². The number of carbonyl (C=O) groups is 2. The summed E-state index contributed by atoms with van der Waals surface area (Å²) in [4.78, 5) is 29.1. The van der Waals surface area contributed by atoms with Crippen molar-refractivity contribution in [1.82, 2.24) is 0 Å². The summed E-state index contributed by atoms with van der Waals surface area (Å²) in [5.41, 5.74) is 0.341. The Kier molecular flexibility index (Phi) is 8.80. The molecule has 3 aliphatic rings. The average Bonchev–Trinajstić information content (AvgIpc) is 3.49. The molecule has 0 aromatic carbocycles. The molecule has 36 heavy (non-hydrogen) atoms. The second kappa shape index (κ2) is 11.7. The largest absolute Gasteiger partial charge is 0.477 e. The summed E-state index contributed by atoms with van der Waals surface area (Å²) in [5.74, 6) is 6.07. The quantitative estimate of drug-likeness (QED) is 0.462. The fourth-order valence-electron chi connectivity index (χ4n) is 5.56. The highest BCUT2D eigenvalue weighted by Crippen LogP contribution is 2.39. The number of thiophene rings is 1. The number of amides is 1. The van der Waals surface area contributed by atoms with Gasteiger partial charge < -0.3 is 19.5 Å². The lowest BCUT2D eigenvalue weighted by molar-refractivity contribution is -0.124. The SMILES string of the molecule is CC(C)(C)C#Cc1cc(N(C(=O)[C@H]2CC[C@H](C)CC2)[C@H]2CC[C@@H](O[C@H]3CCOC3)CC2)c(C(=O)O)s1. The van der Waals surface area contributed by atoms with Crippen molar-refractivity contribution in [2.75, 3.05) is 18.1 Å². The van der Waals surface area contributed by atoms with Gasteiger partial charge in [0, 0.05) is 24.0 Å². The van der Waals surface area contributed by atoms with E-state index < -0.39 is 5.97 Å². The summed E-state index contributed by atoms with van der Waals surface area (Å²) in [6.45, 7) is 9.77. The third kappa shape index (κ3) is 6.90. The fourth-order valence-corrected chi connectivity index (χ4v) is 6.40. The van der Waals surface area contributed by atoms with Gasteiger partial charge >= 0.3 is 5.97 Å². The van der Waals surface area contributed by atoms with E-state index in [1.165, 1.54) is 11.3 Å². The van der Waals surface area contributed by atoms with Crippen LogP contribution in [0.5, 0.6) is 0 Å². The van der Waals surface area contributed by atoms with E-state index in [1.807, 2.05) is 31.7 Å². The molecule has 0 spiro atoms. The minimum Gasteiger partial charge on any atom is -0.477 e. The zero-order valence-corrected chi connectivity index (χ0v) is 23.0. The zero-order valence-electron chi connectivity index (χ0n) is 22.2. The summed E-state index contributed by atoms with van der Waals surface area (Å²) in [6.07, 6.45) is 8.50. The molecular formula is C29H41NO5S. The maximum atomic E-state index is 14.0. The van der Waals surface area contributed by atoms with Crippen LogP contribution in [0.1, 0.15) is 100 Å². The van der Waals surface area contributed by atoms with Crippen LogP contribution in [-0.2, 0) is 14.3 Å². The van der Waals surface area contributed by atoms with E-state index >= 15 is 0 Å². The molecule has 1 amide bonds. The summed E-state index contributed by atoms with van der Waals surface area (Å²) in [6, 6.07) is 1.82. The standard InChI is InChI=1S/C29H41NO5S/c1-19-5-7-20(8-6-19)27(31)30(21-9-11-22(12-10-21)35-23-14-16-34-18-23)25-17-24(13-15-29(2,3)4)36-26(25)28(32)33/h17,19-23H,5-12,14,16,18H2,1-4H3,(H,32,33)/t19-,20-,21-,22+,23-/m0/s1. The summed E-state index contributed by atoms with van der Waals surface area (Å²) >= 11 is 1.18. The van der Waals surface area contributed by atoms with E-state index in [0.717, 1.165) is 64.4 Å². The second-order valence-electron chi connectivity index (χ2n) is 11.8. The number of aromatic carboxylic acids is 1. The normalized spacial score (nSPS) is 28.8. The maximum Gasteiger partial charge on any atom is 0.348 e. The Bertz CT molecular complexity index is 978. The average molecular weight is 516 g/mol. The Morgan fingerprint density at radius 2 is 1.75 bits per heavy atom. The molecule has 198 valence electrons. The van der Waals surface area contributed by atoms with Crippen LogP contribution in [0.25, 0.3) is 0 Å². The molecule has 1 N–H and O–H groups in total. The molecule has 1 saturated heterocycles. The van der Waals surface area contributed by atoms with Crippen LogP contribution in [0.4, 0.5) is 5.69 Å². The van der Waals surface area contributed by atoms with E-state index in [0.29, 0.717) is 23.1 Å². The number of rotatable bonds is 6. The van der Waals surface area contributed by atoms with Crippen molar-refractivity contribution in [2.45, 2.75) is 104 Å². The topological polar surface area (TPSA) is 76.1 Å². The van der Waals surface area contributed by atoms with Gasteiger partial charge in [-0.2, -0.15) is 0 Å². The van der Waals surface area contributed by atoms with Crippen LogP contribution in [-0.4, -0.2) is 48.4 Å². The van der Waals surface area contributed by atoms with Gasteiger partial charge in [0.1, 0.15) is 4.88 Å². The van der Waals surface area contributed by atoms with Crippen LogP contribution in [0.2, 0.25) is 0 Å². The van der Waals surface area contributed by atoms with Gasteiger partial charge in [0.25, 0.3) is 0 Å². The van der Waals surface area contributed by atoms with Crippen molar-refractivity contribution in [3.8, 4) is 11.8 Å². The molecule has 3 fully saturated rings. The number of hydrogen-bond donors (Lipinski definition) is 1. The van der Waals surface area contributed by atoms with Crippen molar-refractivity contribution in [2.24, 2.45) is 17.3 Å². The van der Waals surface area contributed by atoms with Crippen LogP contribution in [0.15, 0.2) is 6.07 Å². The first-order valence-corrected chi connectivity index (χ1v) is 14.4. The summed E-state index contributed by atoms with van der Waals surface area (Å²) in [5, 5.41) is 10.1. The van der Waals surface area contributed by atoms with Gasteiger partial charge in [0.05, 0.1) is 29.4 Å². The molecule has 2 aliphatic carbocycles. The smallest absolute Gasteiger partial charge is 0.348 e. The number of ether oxygens (including phenoxy) is 2. The second-order valence-corrected chi connectivity index (χ2v) is 12.9. The number of carboxylic acids is 1. The molecule has 4 rings (SSSR count). The number of hydrogen-bond acceptors (Lipinski definition) is 5. The van der Waals surface area contributed by atoms with Crippen molar-refractivity contribution in [3.63, 3.8) is 0 Å². The molecule has 7 heteroatoms. The Hall–Kier alpha value is -1.88. The molecule has 6 nitrogen and oxygen atoms in total. The lowest BCUT2D eigenvalue weighted by atomic mass is 9.81. The first-order chi connectivity index (χ1) is 17.1. The van der Waals surface area contributed by atoms with Gasteiger partial charge in [-0.05, 0) is 90.5 Å². The first kappa shape index (κ1) is 27.2. The minimum atomic E-state index is -0.993. The highest BCUT2D eigenvalue weighted by molar-refractivity contribution is 7.15. The Morgan fingerprint density at radius 3 is 2.33 bits per heavy atom. The van der Waals surface area contributed by atoms with Crippen LogP contribution in [0.3, 0.4) is 0 Å². The van der Waals surface area contributed by atoms with E-state index in [1.54, 1.807) is 0 Å². The van der Waals surface area contributed by atoms with Crippen LogP contribution in [0, 0.1) is 29.1 Å². The van der Waals surface area contributed by atoms with E-state index in [-0.39, 0.29) is 40.4 Å². The Morgan fingerprint density at radius 1 is 1.06 bits per heavy atom. The van der Waals surface area contributed by atoms with Gasteiger partial charge in [-0.15, -0.1) is 11.3 Å². The number of carboxylic acid groups (broad SMARTS) is 1. The van der Waals surface area contributed by atoms with Crippen LogP contribution >= 0.6 is 11.3 Å². The van der Waals surface area contributed by atoms with Gasteiger partial charge in [0.2, 0.25) is 5.91 Å². The van der Waals surface area contributed by atoms with Gasteiger partial charge in [-0.25, -0.2) is 4.79 Å². The number of carbonyl (C=O) groups excluding carboxylic acids is 1. The van der Waals surface area contributed by atoms with Gasteiger partial charge in [0.15, 0.2) is 0 Å². The van der Waals surface area contributed by atoms with Crippen molar-refractivity contribution < 1.29 is 24.2 Å². The lowest BCUT2D eigenvalue weighted by Gasteiger charge is -2.39. The van der Waals surface area contributed by atoms with Crippen molar-refractivity contribution in [3.05, 3.63) is 15.8 Å². The molecule has 0 bridgehead atoms. The molecule has 1 aromatic rings. The highest BCUT2D eigenvalue weighted by atomic mass is 32.1. The first-order valence-electron chi connectivity index (χ1n) is 13.6. The molecule has 1 aliphatic heterocycles. The predicted octanol–water partition coefficient (Wildman–Crippen LogP) is 6.12. The number of anilines is 1. The summed E-state index contributed by atoms with van der Waals surface area (Å²) in [7, 11) is 0. The predicted molar refractivity (Wildman–Crippen MR) is 143 cm³/mol. The monoisotopic (exact) mass is 515 g/mol. The third-order valence-electron chi connectivity index (χ3n) is 7.61. The zero-order chi connectivity index (χ0) is 25.9. The van der Waals surface area contributed by atoms with Crippen molar-refractivity contribution >= 4 is 28.9 Å². The van der Waals surface area contributed by atoms with Crippen LogP contribution < -0.4 is 4.90 Å². The molecule has 0 radical (unpaired) electrons. The lowest BCUT2D eigenvalue weighted by Crippen LogP contribution is -2.47. The maximum absolute atomic E-state index is 14.0. The van der Waals surface area contributed by atoms with Gasteiger partial charge in [-0.3, -0.25) is 4.79 Å². The summed E-state index contributed by atoms with van der Waals surface area (Å²) < 4.78 is 11.7. The minimum absolute atomic E-state index is 0.0207. The third-order valence-corrected chi connectivity index (χ3v) is 8.64. The Balaban J connectivity index is 1.60. The van der Waals surface area contributed by atoms with E-state index in [2.05, 4.69) is 18.8 Å². The van der Waals surface area contributed by atoms with Gasteiger partial charge in [-0.1, -0.05) is 18.8 Å². The molecule has 1 aromatic heterocycles. The van der Waals surface area contributed by atoms with Crippen molar-refractivity contribution in [1.29, 1.82) is 0 Å². The highest BCUT2D eigenvalue weighted by Gasteiger charge is 2.38. The number of nitrogens with zero attached hydrogens (tertiary/aromatic N) is 1. The molecular weight excluding hydrogens is 474 g/mol. The fraction of sp³-hybridized carbons (Fsp3) is 0.724. The molecule has 1 atom stereocenters. The molecule has 2 saturated carbocycles. The molecule has 2 heterocycles. The molecule has 0 unspecified atom stereocenters. The Labute approximate surface area is 219 Å².